The molecule has 0 bridgehead atoms. The first kappa shape index (κ1) is 18.3. The van der Waals surface area contributed by atoms with Crippen LogP contribution in [0.2, 0.25) is 5.02 Å². The largest absolute Gasteiger partial charge is 0.355 e. The van der Waals surface area contributed by atoms with Crippen LogP contribution >= 0.6 is 11.6 Å². The van der Waals surface area contributed by atoms with Crippen LogP contribution in [-0.4, -0.2) is 68.7 Å². The first-order valence-electron chi connectivity index (χ1n) is 9.07. The predicted octanol–water partition coefficient (Wildman–Crippen LogP) is 1.82. The molecule has 6 nitrogen and oxygen atoms in total. The average molecular weight is 365 g/mol. The smallest absolute Gasteiger partial charge is 0.191 e. The molecule has 3 rings (SSSR count). The summed E-state index contributed by atoms with van der Waals surface area (Å²) in [7, 11) is 6.15. The van der Waals surface area contributed by atoms with Crippen LogP contribution in [0.25, 0.3) is 0 Å². The second-order valence-corrected chi connectivity index (χ2v) is 7.61. The van der Waals surface area contributed by atoms with Gasteiger partial charge in [-0.3, -0.25) is 4.99 Å². The molecular weight excluding hydrogens is 336 g/mol. The van der Waals surface area contributed by atoms with Crippen molar-refractivity contribution in [3.8, 4) is 0 Å². The van der Waals surface area contributed by atoms with Crippen molar-refractivity contribution < 1.29 is 0 Å². The highest BCUT2D eigenvalue weighted by Crippen LogP contribution is 2.34. The zero-order valence-corrected chi connectivity index (χ0v) is 16.1. The standard InChI is InChI=1S/C18H29ClN6/c1-20-18(22-11-16(24(2)3)13-6-7-13)23-14-8-10-25(12-14)17-15(19)5-4-9-21-17/h4-5,9,13-14,16H,6-8,10-12H2,1-3H3,(H2,20,22,23). The van der Waals surface area contributed by atoms with E-state index in [0.717, 1.165) is 43.8 Å². The normalized spacial score (nSPS) is 22.4. The summed E-state index contributed by atoms with van der Waals surface area (Å²) in [6.07, 6.45) is 5.53. The third-order valence-electron chi connectivity index (χ3n) is 5.10. The third-order valence-corrected chi connectivity index (χ3v) is 5.39. The van der Waals surface area contributed by atoms with E-state index in [0.29, 0.717) is 17.1 Å². The molecule has 25 heavy (non-hydrogen) atoms. The predicted molar refractivity (Wildman–Crippen MR) is 105 cm³/mol. The number of rotatable bonds is 6. The van der Waals surface area contributed by atoms with E-state index in [9.17, 15) is 0 Å². The van der Waals surface area contributed by atoms with Gasteiger partial charge in [-0.05, 0) is 51.4 Å². The summed E-state index contributed by atoms with van der Waals surface area (Å²) in [6, 6.07) is 4.68. The van der Waals surface area contributed by atoms with E-state index in [1.807, 2.05) is 19.2 Å². The summed E-state index contributed by atoms with van der Waals surface area (Å²) in [5, 5.41) is 7.76. The van der Waals surface area contributed by atoms with Crippen LogP contribution in [-0.2, 0) is 0 Å². The van der Waals surface area contributed by atoms with Crippen molar-refractivity contribution in [2.45, 2.75) is 31.3 Å². The molecule has 1 aromatic rings. The van der Waals surface area contributed by atoms with Gasteiger partial charge >= 0.3 is 0 Å². The van der Waals surface area contributed by atoms with Gasteiger partial charge in [0.1, 0.15) is 5.82 Å². The molecule has 0 aromatic carbocycles. The van der Waals surface area contributed by atoms with E-state index < -0.39 is 0 Å². The Bertz CT molecular complexity index is 599. The summed E-state index contributed by atoms with van der Waals surface area (Å²) in [5.74, 6) is 2.58. The highest BCUT2D eigenvalue weighted by Gasteiger charge is 2.32. The van der Waals surface area contributed by atoms with E-state index in [2.05, 4.69) is 44.5 Å². The molecule has 1 aliphatic carbocycles. The van der Waals surface area contributed by atoms with Crippen LogP contribution in [0.5, 0.6) is 0 Å². The summed E-state index contributed by atoms with van der Waals surface area (Å²) < 4.78 is 0. The molecule has 1 saturated carbocycles. The Balaban J connectivity index is 1.50. The number of nitrogens with one attached hydrogen (secondary N) is 2. The lowest BCUT2D eigenvalue weighted by Crippen LogP contribution is -2.49. The molecule has 1 aliphatic heterocycles. The number of halogens is 1. The monoisotopic (exact) mass is 364 g/mol. The van der Waals surface area contributed by atoms with Gasteiger partial charge in [-0.1, -0.05) is 11.6 Å². The van der Waals surface area contributed by atoms with Crippen LogP contribution in [0.1, 0.15) is 19.3 Å². The zero-order chi connectivity index (χ0) is 17.8. The van der Waals surface area contributed by atoms with Crippen molar-refractivity contribution in [3.05, 3.63) is 23.4 Å². The van der Waals surface area contributed by atoms with Gasteiger partial charge in [0.2, 0.25) is 0 Å². The van der Waals surface area contributed by atoms with Gasteiger partial charge < -0.3 is 20.4 Å². The Morgan fingerprint density at radius 2 is 2.24 bits per heavy atom. The van der Waals surface area contributed by atoms with Gasteiger partial charge in [0.25, 0.3) is 0 Å². The lowest BCUT2D eigenvalue weighted by atomic mass is 10.1. The Labute approximate surface area is 155 Å². The Hall–Kier alpha value is -1.53. The van der Waals surface area contributed by atoms with Crippen molar-refractivity contribution in [1.82, 2.24) is 20.5 Å². The number of hydrogen-bond donors (Lipinski definition) is 2. The van der Waals surface area contributed by atoms with Crippen molar-refractivity contribution in [2.24, 2.45) is 10.9 Å². The van der Waals surface area contributed by atoms with Gasteiger partial charge in [0, 0.05) is 45.0 Å². The minimum absolute atomic E-state index is 0.350. The number of guanidine groups is 1. The average Bonchev–Trinajstić information content (AvgIpc) is 3.32. The number of nitrogens with zero attached hydrogens (tertiary/aromatic N) is 4. The fourth-order valence-electron chi connectivity index (χ4n) is 3.52. The third kappa shape index (κ3) is 4.76. The van der Waals surface area contributed by atoms with Gasteiger partial charge in [0.15, 0.2) is 5.96 Å². The molecule has 2 aliphatic rings. The number of pyridine rings is 1. The van der Waals surface area contributed by atoms with Gasteiger partial charge in [-0.25, -0.2) is 4.98 Å². The number of aliphatic imine (C=N–C) groups is 1. The van der Waals surface area contributed by atoms with Crippen molar-refractivity contribution >= 4 is 23.4 Å². The SMILES string of the molecule is CN=C(NCC(C1CC1)N(C)C)NC1CCN(c2ncccc2Cl)C1. The van der Waals surface area contributed by atoms with Crippen LogP contribution in [0.15, 0.2) is 23.3 Å². The summed E-state index contributed by atoms with van der Waals surface area (Å²) in [6.45, 7) is 2.77. The number of aromatic nitrogens is 1. The van der Waals surface area contributed by atoms with E-state index in [-0.39, 0.29) is 0 Å². The summed E-state index contributed by atoms with van der Waals surface area (Å²) >= 11 is 6.27. The topological polar surface area (TPSA) is 55.8 Å². The fraction of sp³-hybridized carbons (Fsp3) is 0.667. The van der Waals surface area contributed by atoms with Gasteiger partial charge in [-0.15, -0.1) is 0 Å². The maximum atomic E-state index is 6.27. The van der Waals surface area contributed by atoms with Crippen molar-refractivity contribution in [3.63, 3.8) is 0 Å². The van der Waals surface area contributed by atoms with Crippen molar-refractivity contribution in [2.75, 3.05) is 45.7 Å². The maximum Gasteiger partial charge on any atom is 0.191 e. The highest BCUT2D eigenvalue weighted by molar-refractivity contribution is 6.32. The van der Waals surface area contributed by atoms with E-state index >= 15 is 0 Å². The van der Waals surface area contributed by atoms with Crippen LogP contribution < -0.4 is 15.5 Å². The highest BCUT2D eigenvalue weighted by atomic mass is 35.5. The van der Waals surface area contributed by atoms with Gasteiger partial charge in [-0.2, -0.15) is 0 Å². The molecule has 7 heteroatoms. The molecule has 2 fully saturated rings. The fourth-order valence-corrected chi connectivity index (χ4v) is 3.76. The molecule has 0 spiro atoms. The molecule has 2 unspecified atom stereocenters. The molecule has 2 atom stereocenters. The molecule has 0 radical (unpaired) electrons. The van der Waals surface area contributed by atoms with Crippen LogP contribution in [0.4, 0.5) is 5.82 Å². The molecule has 138 valence electrons. The second-order valence-electron chi connectivity index (χ2n) is 7.21. The van der Waals surface area contributed by atoms with E-state index in [1.54, 1.807) is 6.20 Å². The zero-order valence-electron chi connectivity index (χ0n) is 15.4. The molecule has 1 saturated heterocycles. The maximum absolute atomic E-state index is 6.27. The first-order chi connectivity index (χ1) is 12.1. The lowest BCUT2D eigenvalue weighted by molar-refractivity contribution is 0.264. The Kier molecular flexibility index (Phi) is 6.02. The number of likely N-dealkylation sites (N-methyl/N-ethyl adjacent to an activating group) is 1. The van der Waals surface area contributed by atoms with Crippen molar-refractivity contribution in [1.29, 1.82) is 0 Å². The van der Waals surface area contributed by atoms with E-state index in [1.165, 1.54) is 12.8 Å². The molecular formula is C18H29ClN6. The molecule has 1 aromatic heterocycles. The summed E-state index contributed by atoms with van der Waals surface area (Å²) in [5.41, 5.74) is 0. The lowest BCUT2D eigenvalue weighted by Gasteiger charge is -2.26. The Morgan fingerprint density at radius 3 is 2.88 bits per heavy atom. The van der Waals surface area contributed by atoms with Crippen LogP contribution in [0, 0.1) is 5.92 Å². The van der Waals surface area contributed by atoms with Crippen LogP contribution in [0.3, 0.4) is 0 Å². The van der Waals surface area contributed by atoms with Gasteiger partial charge in [0.05, 0.1) is 5.02 Å². The minimum Gasteiger partial charge on any atom is -0.355 e. The van der Waals surface area contributed by atoms with E-state index in [4.69, 9.17) is 11.6 Å². The Morgan fingerprint density at radius 1 is 1.44 bits per heavy atom. The first-order valence-corrected chi connectivity index (χ1v) is 9.45. The minimum atomic E-state index is 0.350. The molecule has 0 amide bonds. The summed E-state index contributed by atoms with van der Waals surface area (Å²) in [4.78, 5) is 13.4. The molecule has 2 N–H and O–H groups in total. The number of anilines is 1. The quantitative estimate of drug-likeness (QED) is 0.595. The molecule has 2 heterocycles. The number of hydrogen-bond acceptors (Lipinski definition) is 4. The second kappa shape index (κ2) is 8.23.